The summed E-state index contributed by atoms with van der Waals surface area (Å²) in [6.07, 6.45) is 0.366. The maximum Gasteiger partial charge on any atom is 0.254 e. The number of aliphatic hydroxyl groups excluding tert-OH is 1. The van der Waals surface area contributed by atoms with Gasteiger partial charge < -0.3 is 10.4 Å². The number of carbonyl (C=O) groups excluding carboxylic acids is 1. The molecule has 0 radical (unpaired) electrons. The monoisotopic (exact) mass is 341 g/mol. The van der Waals surface area contributed by atoms with Crippen LogP contribution in [0.4, 0.5) is 4.39 Å². The van der Waals surface area contributed by atoms with Crippen LogP contribution in [0.5, 0.6) is 0 Å². The molecule has 0 saturated heterocycles. The number of hydrogen-bond donors (Lipinski definition) is 2. The number of rotatable bonds is 5. The normalized spacial score (nSPS) is 12.0. The van der Waals surface area contributed by atoms with Gasteiger partial charge in [-0.1, -0.05) is 41.4 Å². The summed E-state index contributed by atoms with van der Waals surface area (Å²) in [5, 5.41) is 12.6. The van der Waals surface area contributed by atoms with Crippen molar-refractivity contribution < 1.29 is 14.3 Å². The molecule has 0 fully saturated rings. The van der Waals surface area contributed by atoms with Crippen LogP contribution in [-0.4, -0.2) is 23.7 Å². The maximum atomic E-state index is 12.9. The van der Waals surface area contributed by atoms with Crippen molar-refractivity contribution in [3.05, 3.63) is 69.5 Å². The Morgan fingerprint density at radius 3 is 2.27 bits per heavy atom. The molecule has 1 amide bonds. The summed E-state index contributed by atoms with van der Waals surface area (Å²) < 4.78 is 12.9. The van der Waals surface area contributed by atoms with E-state index in [1.807, 2.05) is 0 Å². The van der Waals surface area contributed by atoms with Crippen LogP contribution in [-0.2, 0) is 6.42 Å². The van der Waals surface area contributed by atoms with Crippen molar-refractivity contribution in [2.75, 3.05) is 6.61 Å². The van der Waals surface area contributed by atoms with Crippen molar-refractivity contribution in [3.8, 4) is 0 Å². The Hall–Kier alpha value is -1.62. The molecule has 0 heterocycles. The topological polar surface area (TPSA) is 49.3 Å². The highest BCUT2D eigenvalue weighted by atomic mass is 35.5. The Morgan fingerprint density at radius 1 is 1.14 bits per heavy atom. The van der Waals surface area contributed by atoms with E-state index in [-0.39, 0.29) is 28.0 Å². The third-order valence-electron chi connectivity index (χ3n) is 3.14. The maximum absolute atomic E-state index is 12.9. The lowest BCUT2D eigenvalue weighted by molar-refractivity contribution is 0.0917. The summed E-state index contributed by atoms with van der Waals surface area (Å²) in [6, 6.07) is 10.1. The van der Waals surface area contributed by atoms with Crippen LogP contribution < -0.4 is 5.32 Å². The molecule has 2 N–H and O–H groups in total. The van der Waals surface area contributed by atoms with Crippen LogP contribution in [0.3, 0.4) is 0 Å². The minimum Gasteiger partial charge on any atom is -0.394 e. The molecule has 0 aliphatic rings. The lowest BCUT2D eigenvalue weighted by Gasteiger charge is -2.17. The van der Waals surface area contributed by atoms with Gasteiger partial charge in [-0.25, -0.2) is 4.39 Å². The number of hydrogen-bond acceptors (Lipinski definition) is 2. The molecule has 116 valence electrons. The van der Waals surface area contributed by atoms with E-state index >= 15 is 0 Å². The number of halogens is 3. The number of carbonyl (C=O) groups is 1. The zero-order valence-corrected chi connectivity index (χ0v) is 13.0. The van der Waals surface area contributed by atoms with Gasteiger partial charge in [0.05, 0.1) is 28.3 Å². The van der Waals surface area contributed by atoms with Crippen LogP contribution >= 0.6 is 23.2 Å². The first-order chi connectivity index (χ1) is 10.5. The first kappa shape index (κ1) is 16.7. The summed E-state index contributed by atoms with van der Waals surface area (Å²) in [5.41, 5.74) is 0.967. The van der Waals surface area contributed by atoms with Gasteiger partial charge in [-0.15, -0.1) is 0 Å². The molecule has 2 rings (SSSR count). The van der Waals surface area contributed by atoms with E-state index in [1.54, 1.807) is 30.3 Å². The SMILES string of the molecule is O=C(NC(CO)Cc1ccc(F)cc1)c1c(Cl)cccc1Cl. The fourth-order valence-corrected chi connectivity index (χ4v) is 2.61. The molecular formula is C16H14Cl2FNO2. The van der Waals surface area contributed by atoms with Crippen molar-refractivity contribution in [1.82, 2.24) is 5.32 Å². The van der Waals surface area contributed by atoms with Gasteiger partial charge in [0.25, 0.3) is 5.91 Å². The van der Waals surface area contributed by atoms with Gasteiger partial charge in [-0.05, 0) is 36.2 Å². The zero-order chi connectivity index (χ0) is 16.1. The second-order valence-corrected chi connectivity index (χ2v) is 5.59. The lowest BCUT2D eigenvalue weighted by Crippen LogP contribution is -2.39. The Kier molecular flexibility index (Phi) is 5.77. The largest absolute Gasteiger partial charge is 0.394 e. The molecule has 0 saturated carbocycles. The second kappa shape index (κ2) is 7.58. The molecule has 0 aliphatic heterocycles. The van der Waals surface area contributed by atoms with Crippen molar-refractivity contribution in [3.63, 3.8) is 0 Å². The average molecular weight is 342 g/mol. The highest BCUT2D eigenvalue weighted by Crippen LogP contribution is 2.24. The molecular weight excluding hydrogens is 328 g/mol. The molecule has 3 nitrogen and oxygen atoms in total. The minimum atomic E-state index is -0.523. The summed E-state index contributed by atoms with van der Waals surface area (Å²) in [4.78, 5) is 12.2. The number of amides is 1. The molecule has 1 atom stereocenters. The summed E-state index contributed by atoms with van der Waals surface area (Å²) in [5.74, 6) is -0.798. The van der Waals surface area contributed by atoms with E-state index in [0.29, 0.717) is 6.42 Å². The molecule has 0 aliphatic carbocycles. The van der Waals surface area contributed by atoms with Crippen LogP contribution in [0.1, 0.15) is 15.9 Å². The molecule has 0 aromatic heterocycles. The number of nitrogens with one attached hydrogen (secondary N) is 1. The fraction of sp³-hybridized carbons (Fsp3) is 0.188. The predicted octanol–water partition coefficient (Wildman–Crippen LogP) is 3.47. The van der Waals surface area contributed by atoms with Gasteiger partial charge in [0.15, 0.2) is 0 Å². The van der Waals surface area contributed by atoms with E-state index in [2.05, 4.69) is 5.32 Å². The molecule has 22 heavy (non-hydrogen) atoms. The van der Waals surface area contributed by atoms with E-state index in [1.165, 1.54) is 12.1 Å². The van der Waals surface area contributed by atoms with Crippen molar-refractivity contribution >= 4 is 29.1 Å². The van der Waals surface area contributed by atoms with Crippen LogP contribution in [0, 0.1) is 5.82 Å². The molecule has 0 bridgehead atoms. The van der Waals surface area contributed by atoms with E-state index in [4.69, 9.17) is 23.2 Å². The van der Waals surface area contributed by atoms with Gasteiger partial charge >= 0.3 is 0 Å². The van der Waals surface area contributed by atoms with Crippen LogP contribution in [0.2, 0.25) is 10.0 Å². The van der Waals surface area contributed by atoms with Gasteiger partial charge in [0.2, 0.25) is 0 Å². The molecule has 2 aromatic rings. The molecule has 0 spiro atoms. The number of benzene rings is 2. The lowest BCUT2D eigenvalue weighted by atomic mass is 10.1. The van der Waals surface area contributed by atoms with Crippen LogP contribution in [0.25, 0.3) is 0 Å². The first-order valence-electron chi connectivity index (χ1n) is 6.61. The van der Waals surface area contributed by atoms with Gasteiger partial charge in [0.1, 0.15) is 5.82 Å². The van der Waals surface area contributed by atoms with Gasteiger partial charge in [-0.2, -0.15) is 0 Å². The van der Waals surface area contributed by atoms with E-state index in [9.17, 15) is 14.3 Å². The highest BCUT2D eigenvalue weighted by Gasteiger charge is 2.18. The smallest absolute Gasteiger partial charge is 0.254 e. The first-order valence-corrected chi connectivity index (χ1v) is 7.37. The van der Waals surface area contributed by atoms with Crippen molar-refractivity contribution in [2.24, 2.45) is 0 Å². The summed E-state index contributed by atoms with van der Waals surface area (Å²) in [7, 11) is 0. The standard InChI is InChI=1S/C16H14Cl2FNO2/c17-13-2-1-3-14(18)15(13)16(22)20-12(9-21)8-10-4-6-11(19)7-5-10/h1-7,12,21H,8-9H2,(H,20,22). The quantitative estimate of drug-likeness (QED) is 0.874. The Labute approximate surface area is 137 Å². The van der Waals surface area contributed by atoms with Crippen LogP contribution in [0.15, 0.2) is 42.5 Å². The fourth-order valence-electron chi connectivity index (χ4n) is 2.04. The third-order valence-corrected chi connectivity index (χ3v) is 3.77. The molecule has 1 unspecified atom stereocenters. The third kappa shape index (κ3) is 4.19. The van der Waals surface area contributed by atoms with Gasteiger partial charge in [0, 0.05) is 0 Å². The zero-order valence-electron chi connectivity index (χ0n) is 11.5. The van der Waals surface area contributed by atoms with Crippen molar-refractivity contribution in [2.45, 2.75) is 12.5 Å². The van der Waals surface area contributed by atoms with Crippen molar-refractivity contribution in [1.29, 1.82) is 0 Å². The van der Waals surface area contributed by atoms with Gasteiger partial charge in [-0.3, -0.25) is 4.79 Å². The van der Waals surface area contributed by atoms with E-state index in [0.717, 1.165) is 5.56 Å². The number of aliphatic hydroxyl groups is 1. The predicted molar refractivity (Wildman–Crippen MR) is 84.9 cm³/mol. The highest BCUT2D eigenvalue weighted by molar-refractivity contribution is 6.39. The summed E-state index contributed by atoms with van der Waals surface area (Å²) in [6.45, 7) is -0.259. The molecule has 6 heteroatoms. The average Bonchev–Trinajstić information content (AvgIpc) is 2.48. The summed E-state index contributed by atoms with van der Waals surface area (Å²) >= 11 is 12.0. The second-order valence-electron chi connectivity index (χ2n) is 4.78. The van der Waals surface area contributed by atoms with E-state index < -0.39 is 11.9 Å². The molecule has 2 aromatic carbocycles. The Bertz CT molecular complexity index is 641. The minimum absolute atomic E-state index is 0.170. The Morgan fingerprint density at radius 2 is 1.73 bits per heavy atom. The Balaban J connectivity index is 2.09.